The first-order valence-electron chi connectivity index (χ1n) is 6.01. The van der Waals surface area contributed by atoms with Crippen molar-refractivity contribution in [1.29, 1.82) is 0 Å². The minimum absolute atomic E-state index is 0.374. The smallest absolute Gasteiger partial charge is 0.235 e. The van der Waals surface area contributed by atoms with Crippen molar-refractivity contribution in [2.75, 3.05) is 14.2 Å². The van der Waals surface area contributed by atoms with Crippen LogP contribution in [0.1, 0.15) is 30.4 Å². The van der Waals surface area contributed by atoms with E-state index in [1.807, 2.05) is 18.2 Å². The summed E-state index contributed by atoms with van der Waals surface area (Å²) < 4.78 is 10.5. The van der Waals surface area contributed by atoms with Crippen LogP contribution in [0.25, 0.3) is 0 Å². The molecule has 0 N–H and O–H groups in total. The molecular formula is C14H17NO3. The lowest BCUT2D eigenvalue weighted by atomic mass is 9.72. The van der Waals surface area contributed by atoms with Crippen molar-refractivity contribution in [2.45, 2.75) is 31.4 Å². The molecule has 1 aromatic carbocycles. The second-order valence-corrected chi connectivity index (χ2v) is 4.55. The van der Waals surface area contributed by atoms with Crippen LogP contribution in [0, 0.1) is 0 Å². The molecular weight excluding hydrogens is 230 g/mol. The van der Waals surface area contributed by atoms with Gasteiger partial charge in [-0.15, -0.1) is 0 Å². The summed E-state index contributed by atoms with van der Waals surface area (Å²) >= 11 is 0. The van der Waals surface area contributed by atoms with Crippen LogP contribution in [0.3, 0.4) is 0 Å². The fraction of sp³-hybridized carbons (Fsp3) is 0.500. The van der Waals surface area contributed by atoms with Crippen LogP contribution < -0.4 is 4.74 Å². The van der Waals surface area contributed by atoms with Crippen molar-refractivity contribution in [3.63, 3.8) is 0 Å². The molecule has 4 heteroatoms. The van der Waals surface area contributed by atoms with E-state index < -0.39 is 0 Å². The Morgan fingerprint density at radius 2 is 2.17 bits per heavy atom. The Kier molecular flexibility index (Phi) is 3.80. The van der Waals surface area contributed by atoms with E-state index in [9.17, 15) is 4.79 Å². The molecule has 0 radical (unpaired) electrons. The first-order valence-corrected chi connectivity index (χ1v) is 6.01. The highest BCUT2D eigenvalue weighted by molar-refractivity contribution is 5.44. The molecule has 0 bridgehead atoms. The van der Waals surface area contributed by atoms with Gasteiger partial charge in [-0.05, 0) is 30.9 Å². The van der Waals surface area contributed by atoms with Gasteiger partial charge in [0.1, 0.15) is 5.75 Å². The third-order valence-electron chi connectivity index (χ3n) is 3.56. The summed E-state index contributed by atoms with van der Waals surface area (Å²) in [6, 6.07) is 5.92. The monoisotopic (exact) mass is 247 g/mol. The van der Waals surface area contributed by atoms with Gasteiger partial charge in [0.2, 0.25) is 6.08 Å². The molecule has 1 fully saturated rings. The summed E-state index contributed by atoms with van der Waals surface area (Å²) in [5.41, 5.74) is 1.64. The summed E-state index contributed by atoms with van der Waals surface area (Å²) in [5, 5.41) is 0. The second kappa shape index (κ2) is 5.34. The number of nitrogens with zero attached hydrogens (tertiary/aromatic N) is 1. The van der Waals surface area contributed by atoms with E-state index in [1.54, 1.807) is 20.3 Å². The normalized spacial score (nSPS) is 16.6. The molecule has 0 unspecified atom stereocenters. The first-order chi connectivity index (χ1) is 8.75. The Morgan fingerprint density at radius 3 is 2.67 bits per heavy atom. The second-order valence-electron chi connectivity index (χ2n) is 4.55. The maximum atomic E-state index is 10.6. The van der Waals surface area contributed by atoms with E-state index in [-0.39, 0.29) is 5.54 Å². The van der Waals surface area contributed by atoms with Crippen molar-refractivity contribution in [3.8, 4) is 5.75 Å². The predicted molar refractivity (Wildman–Crippen MR) is 67.4 cm³/mol. The summed E-state index contributed by atoms with van der Waals surface area (Å²) in [6.07, 6.45) is 4.58. The zero-order valence-corrected chi connectivity index (χ0v) is 10.7. The molecule has 0 spiro atoms. The molecule has 2 rings (SSSR count). The number of methoxy groups -OCH3 is 2. The number of ether oxygens (including phenoxy) is 2. The van der Waals surface area contributed by atoms with Crippen LogP contribution in [-0.2, 0) is 21.7 Å². The lowest BCUT2D eigenvalue weighted by Crippen LogP contribution is -2.31. The average molecular weight is 247 g/mol. The van der Waals surface area contributed by atoms with Gasteiger partial charge in [-0.2, -0.15) is 4.99 Å². The van der Waals surface area contributed by atoms with Crippen molar-refractivity contribution in [3.05, 3.63) is 29.3 Å². The van der Waals surface area contributed by atoms with Crippen molar-refractivity contribution >= 4 is 6.08 Å². The van der Waals surface area contributed by atoms with Crippen molar-refractivity contribution in [1.82, 2.24) is 0 Å². The minimum Gasteiger partial charge on any atom is -0.496 e. The Morgan fingerprint density at radius 1 is 1.39 bits per heavy atom. The van der Waals surface area contributed by atoms with E-state index in [2.05, 4.69) is 4.99 Å². The Balaban J connectivity index is 2.37. The first kappa shape index (κ1) is 12.8. The SMILES string of the molecule is COCc1ccc(C2(N=C=O)CCC2)cc1OC. The van der Waals surface area contributed by atoms with Crippen LogP contribution in [0.4, 0.5) is 0 Å². The van der Waals surface area contributed by atoms with E-state index >= 15 is 0 Å². The topological polar surface area (TPSA) is 47.9 Å². The summed E-state index contributed by atoms with van der Waals surface area (Å²) in [4.78, 5) is 14.6. The third-order valence-corrected chi connectivity index (χ3v) is 3.56. The number of isocyanates is 1. The zero-order valence-electron chi connectivity index (χ0n) is 10.7. The fourth-order valence-corrected chi connectivity index (χ4v) is 2.37. The Hall–Kier alpha value is -1.64. The van der Waals surface area contributed by atoms with Gasteiger partial charge in [-0.25, -0.2) is 4.79 Å². The highest BCUT2D eigenvalue weighted by Crippen LogP contribution is 2.45. The molecule has 4 nitrogen and oxygen atoms in total. The molecule has 96 valence electrons. The van der Waals surface area contributed by atoms with Gasteiger partial charge in [0.05, 0.1) is 19.3 Å². The summed E-state index contributed by atoms with van der Waals surface area (Å²) in [6.45, 7) is 0.507. The molecule has 0 amide bonds. The maximum Gasteiger partial charge on any atom is 0.235 e. The number of hydrogen-bond donors (Lipinski definition) is 0. The number of aliphatic imine (C=N–C) groups is 1. The molecule has 0 atom stereocenters. The molecule has 0 saturated heterocycles. The van der Waals surface area contributed by atoms with Gasteiger partial charge >= 0.3 is 0 Å². The molecule has 1 aliphatic carbocycles. The van der Waals surface area contributed by atoms with Gasteiger partial charge in [-0.1, -0.05) is 12.1 Å². The highest BCUT2D eigenvalue weighted by atomic mass is 16.5. The molecule has 1 saturated carbocycles. The van der Waals surface area contributed by atoms with Gasteiger partial charge in [0.15, 0.2) is 0 Å². The van der Waals surface area contributed by atoms with Gasteiger partial charge < -0.3 is 9.47 Å². The number of carbonyl (C=O) groups excluding carboxylic acids is 1. The molecule has 0 aromatic heterocycles. The van der Waals surface area contributed by atoms with Gasteiger partial charge in [0, 0.05) is 12.7 Å². The lowest BCUT2D eigenvalue weighted by Gasteiger charge is -2.37. The molecule has 0 heterocycles. The zero-order chi connectivity index (χ0) is 13.0. The highest BCUT2D eigenvalue weighted by Gasteiger charge is 2.39. The van der Waals surface area contributed by atoms with E-state index in [1.165, 1.54) is 0 Å². The maximum absolute atomic E-state index is 10.6. The number of hydrogen-bond acceptors (Lipinski definition) is 4. The summed E-state index contributed by atoms with van der Waals surface area (Å²) in [7, 11) is 3.28. The molecule has 0 aliphatic heterocycles. The molecule has 1 aliphatic rings. The Labute approximate surface area is 107 Å². The largest absolute Gasteiger partial charge is 0.496 e. The van der Waals surface area contributed by atoms with E-state index in [4.69, 9.17) is 9.47 Å². The van der Waals surface area contributed by atoms with Crippen LogP contribution in [0.5, 0.6) is 5.75 Å². The number of rotatable bonds is 5. The van der Waals surface area contributed by atoms with Crippen LogP contribution in [-0.4, -0.2) is 20.3 Å². The standard InChI is InChI=1S/C14H17NO3/c1-17-9-11-4-5-12(8-13(11)18-2)14(15-10-16)6-3-7-14/h4-5,8H,3,6-7,9H2,1-2H3. The quantitative estimate of drug-likeness (QED) is 0.593. The van der Waals surface area contributed by atoms with Crippen LogP contribution in [0.15, 0.2) is 23.2 Å². The van der Waals surface area contributed by atoms with Crippen molar-refractivity contribution in [2.24, 2.45) is 4.99 Å². The average Bonchev–Trinajstić information content (AvgIpc) is 2.35. The lowest BCUT2D eigenvalue weighted by molar-refractivity contribution is 0.181. The van der Waals surface area contributed by atoms with Gasteiger partial charge in [0.25, 0.3) is 0 Å². The minimum atomic E-state index is -0.374. The van der Waals surface area contributed by atoms with Crippen molar-refractivity contribution < 1.29 is 14.3 Å². The number of benzene rings is 1. The molecule has 1 aromatic rings. The molecule has 18 heavy (non-hydrogen) atoms. The predicted octanol–water partition coefficient (Wildman–Crippen LogP) is 2.56. The van der Waals surface area contributed by atoms with E-state index in [0.29, 0.717) is 6.61 Å². The fourth-order valence-electron chi connectivity index (χ4n) is 2.37. The van der Waals surface area contributed by atoms with Crippen LogP contribution >= 0.6 is 0 Å². The summed E-state index contributed by atoms with van der Waals surface area (Å²) in [5.74, 6) is 0.779. The van der Waals surface area contributed by atoms with E-state index in [0.717, 1.165) is 36.1 Å². The van der Waals surface area contributed by atoms with Crippen LogP contribution in [0.2, 0.25) is 0 Å². The third kappa shape index (κ3) is 2.17. The Bertz CT molecular complexity index is 474. The van der Waals surface area contributed by atoms with Gasteiger partial charge in [-0.3, -0.25) is 0 Å².